The number of aromatic nitrogens is 5. The van der Waals surface area contributed by atoms with Gasteiger partial charge >= 0.3 is 5.97 Å². The number of amides is 1. The van der Waals surface area contributed by atoms with E-state index >= 15 is 0 Å². The average molecular weight is 366 g/mol. The van der Waals surface area contributed by atoms with Gasteiger partial charge in [0.15, 0.2) is 5.69 Å². The van der Waals surface area contributed by atoms with Crippen LogP contribution in [0, 0.1) is 0 Å². The number of nitrogens with zero attached hydrogens (tertiary/aromatic N) is 5. The van der Waals surface area contributed by atoms with Crippen LogP contribution in [-0.2, 0) is 30.7 Å². The van der Waals surface area contributed by atoms with Gasteiger partial charge in [-0.1, -0.05) is 23.4 Å². The summed E-state index contributed by atoms with van der Waals surface area (Å²) in [4.78, 5) is 23.0. The van der Waals surface area contributed by atoms with E-state index in [1.54, 1.807) is 0 Å². The van der Waals surface area contributed by atoms with Crippen molar-refractivity contribution in [2.75, 3.05) is 0 Å². The third-order valence-electron chi connectivity index (χ3n) is 4.53. The Hall–Kier alpha value is -3.49. The number of nitrogens with one attached hydrogen (secondary N) is 1. The number of benzene rings is 1. The van der Waals surface area contributed by atoms with Crippen LogP contribution in [0.5, 0.6) is 0 Å². The Morgan fingerprint density at radius 3 is 2.74 bits per heavy atom. The van der Waals surface area contributed by atoms with Crippen LogP contribution in [0.2, 0.25) is 0 Å². The van der Waals surface area contributed by atoms with Gasteiger partial charge in [-0.2, -0.15) is 5.10 Å². The monoisotopic (exact) mass is 366 g/mol. The van der Waals surface area contributed by atoms with Crippen LogP contribution in [0.3, 0.4) is 0 Å². The Morgan fingerprint density at radius 2 is 2.00 bits per heavy atom. The standard InChI is InChI=1S/C18H18N6O3/c25-17(11-23-10-15(18(26)27)20-22-23)19-9-14-13-7-4-8-16(13)24(21-14)12-5-2-1-3-6-12/h1-3,5-6,10H,4,7-9,11H2,(H,19,25)(H,26,27). The molecule has 0 saturated carbocycles. The van der Waals surface area contributed by atoms with Gasteiger partial charge in [0.25, 0.3) is 0 Å². The first-order chi connectivity index (χ1) is 13.1. The Bertz CT molecular complexity index is 992. The van der Waals surface area contributed by atoms with Gasteiger partial charge in [0, 0.05) is 5.69 Å². The molecule has 1 amide bonds. The molecule has 0 spiro atoms. The first kappa shape index (κ1) is 17.0. The van der Waals surface area contributed by atoms with E-state index in [0.717, 1.165) is 30.6 Å². The highest BCUT2D eigenvalue weighted by Crippen LogP contribution is 2.27. The lowest BCUT2D eigenvalue weighted by atomic mass is 10.2. The Morgan fingerprint density at radius 1 is 1.19 bits per heavy atom. The summed E-state index contributed by atoms with van der Waals surface area (Å²) in [5, 5.41) is 23.5. The maximum Gasteiger partial charge on any atom is 0.358 e. The van der Waals surface area contributed by atoms with E-state index in [0.29, 0.717) is 6.54 Å². The molecule has 9 heteroatoms. The SMILES string of the molecule is O=C(Cn1cc(C(=O)O)nn1)NCc1nn(-c2ccccc2)c2c1CCC2. The molecule has 2 heterocycles. The van der Waals surface area contributed by atoms with Crippen molar-refractivity contribution in [2.45, 2.75) is 32.4 Å². The van der Waals surface area contributed by atoms with Gasteiger partial charge in [-0.05, 0) is 37.0 Å². The molecule has 0 atom stereocenters. The number of carbonyl (C=O) groups excluding carboxylic acids is 1. The van der Waals surface area contributed by atoms with Crippen molar-refractivity contribution in [2.24, 2.45) is 0 Å². The number of hydrogen-bond acceptors (Lipinski definition) is 5. The molecule has 1 aliphatic carbocycles. The lowest BCUT2D eigenvalue weighted by Crippen LogP contribution is -2.28. The van der Waals surface area contributed by atoms with Crippen molar-refractivity contribution in [3.05, 3.63) is 59.2 Å². The summed E-state index contributed by atoms with van der Waals surface area (Å²) in [6, 6.07) is 9.94. The van der Waals surface area contributed by atoms with E-state index in [2.05, 4.69) is 15.6 Å². The normalized spacial score (nSPS) is 12.7. The number of aromatic carboxylic acids is 1. The minimum Gasteiger partial charge on any atom is -0.476 e. The van der Waals surface area contributed by atoms with Crippen LogP contribution in [0.15, 0.2) is 36.5 Å². The maximum absolute atomic E-state index is 12.2. The minimum absolute atomic E-state index is 0.0954. The molecular weight excluding hydrogens is 348 g/mol. The molecule has 1 aliphatic rings. The fourth-order valence-corrected chi connectivity index (χ4v) is 3.30. The molecule has 0 aliphatic heterocycles. The van der Waals surface area contributed by atoms with Gasteiger partial charge in [-0.15, -0.1) is 5.10 Å². The van der Waals surface area contributed by atoms with Crippen LogP contribution < -0.4 is 5.32 Å². The van der Waals surface area contributed by atoms with Crippen LogP contribution in [0.1, 0.15) is 33.9 Å². The molecule has 4 rings (SSSR count). The van der Waals surface area contributed by atoms with E-state index in [1.165, 1.54) is 22.1 Å². The lowest BCUT2D eigenvalue weighted by molar-refractivity contribution is -0.122. The molecule has 0 fully saturated rings. The van der Waals surface area contributed by atoms with Gasteiger partial charge in [-0.3, -0.25) is 4.79 Å². The molecule has 9 nitrogen and oxygen atoms in total. The quantitative estimate of drug-likeness (QED) is 0.672. The zero-order chi connectivity index (χ0) is 18.8. The molecule has 2 aromatic heterocycles. The minimum atomic E-state index is -1.18. The highest BCUT2D eigenvalue weighted by molar-refractivity contribution is 5.84. The number of fused-ring (bicyclic) bond motifs is 1. The molecule has 138 valence electrons. The van der Waals surface area contributed by atoms with Crippen molar-refractivity contribution in [1.29, 1.82) is 0 Å². The van der Waals surface area contributed by atoms with E-state index in [-0.39, 0.29) is 18.1 Å². The van der Waals surface area contributed by atoms with Gasteiger partial charge in [-0.25, -0.2) is 14.2 Å². The van der Waals surface area contributed by atoms with Gasteiger partial charge < -0.3 is 10.4 Å². The summed E-state index contributed by atoms with van der Waals surface area (Å²) in [6.07, 6.45) is 4.24. The van der Waals surface area contributed by atoms with Crippen LogP contribution in [0.25, 0.3) is 5.69 Å². The van der Waals surface area contributed by atoms with Crippen LogP contribution >= 0.6 is 0 Å². The van der Waals surface area contributed by atoms with Crippen molar-refractivity contribution in [3.63, 3.8) is 0 Å². The summed E-state index contributed by atoms with van der Waals surface area (Å²) >= 11 is 0. The van der Waals surface area contributed by atoms with E-state index < -0.39 is 5.97 Å². The zero-order valence-electron chi connectivity index (χ0n) is 14.5. The smallest absolute Gasteiger partial charge is 0.358 e. The number of rotatable bonds is 6. The largest absolute Gasteiger partial charge is 0.476 e. The predicted octanol–water partition coefficient (Wildman–Crippen LogP) is 0.967. The topological polar surface area (TPSA) is 115 Å². The number of para-hydroxylation sites is 1. The van der Waals surface area contributed by atoms with Crippen molar-refractivity contribution in [3.8, 4) is 5.69 Å². The number of hydrogen-bond donors (Lipinski definition) is 2. The second kappa shape index (κ2) is 7.02. The van der Waals surface area contributed by atoms with Crippen molar-refractivity contribution < 1.29 is 14.7 Å². The van der Waals surface area contributed by atoms with Gasteiger partial charge in [0.2, 0.25) is 5.91 Å². The molecule has 2 N–H and O–H groups in total. The van der Waals surface area contributed by atoms with E-state index in [4.69, 9.17) is 10.2 Å². The molecule has 0 saturated heterocycles. The third kappa shape index (κ3) is 3.43. The van der Waals surface area contributed by atoms with E-state index in [1.807, 2.05) is 35.0 Å². The summed E-state index contributed by atoms with van der Waals surface area (Å²) in [7, 11) is 0. The van der Waals surface area contributed by atoms with Crippen molar-refractivity contribution >= 4 is 11.9 Å². The number of carbonyl (C=O) groups is 2. The average Bonchev–Trinajstić information content (AvgIpc) is 3.37. The highest BCUT2D eigenvalue weighted by atomic mass is 16.4. The van der Waals surface area contributed by atoms with Gasteiger partial charge in [0.05, 0.1) is 24.1 Å². The first-order valence-corrected chi connectivity index (χ1v) is 8.67. The lowest BCUT2D eigenvalue weighted by Gasteiger charge is -2.05. The Labute approximate surface area is 154 Å². The maximum atomic E-state index is 12.2. The summed E-state index contributed by atoms with van der Waals surface area (Å²) in [5.74, 6) is -1.46. The number of carboxylic acids is 1. The van der Waals surface area contributed by atoms with Crippen molar-refractivity contribution in [1.82, 2.24) is 30.1 Å². The van der Waals surface area contributed by atoms with Crippen LogP contribution in [0.4, 0.5) is 0 Å². The molecular formula is C18H18N6O3. The molecule has 0 unspecified atom stereocenters. The Kier molecular flexibility index (Phi) is 4.41. The molecule has 1 aromatic carbocycles. The third-order valence-corrected chi connectivity index (χ3v) is 4.53. The second-order valence-electron chi connectivity index (χ2n) is 6.36. The first-order valence-electron chi connectivity index (χ1n) is 8.67. The second-order valence-corrected chi connectivity index (χ2v) is 6.36. The molecule has 27 heavy (non-hydrogen) atoms. The van der Waals surface area contributed by atoms with E-state index in [9.17, 15) is 9.59 Å². The molecule has 0 radical (unpaired) electrons. The fraction of sp³-hybridized carbons (Fsp3) is 0.278. The van der Waals surface area contributed by atoms with Crippen LogP contribution in [-0.4, -0.2) is 41.8 Å². The molecule has 3 aromatic rings. The summed E-state index contributed by atoms with van der Waals surface area (Å²) in [6.45, 7) is 0.226. The highest BCUT2D eigenvalue weighted by Gasteiger charge is 2.23. The van der Waals surface area contributed by atoms with Gasteiger partial charge in [0.1, 0.15) is 6.54 Å². The molecule has 0 bridgehead atoms. The summed E-state index contributed by atoms with van der Waals surface area (Å²) in [5.41, 5.74) is 4.09. The zero-order valence-corrected chi connectivity index (χ0v) is 14.5. The Balaban J connectivity index is 1.45. The predicted molar refractivity (Wildman–Crippen MR) is 94.4 cm³/mol. The summed E-state index contributed by atoms with van der Waals surface area (Å²) < 4.78 is 3.16. The number of carboxylic acid groups (broad SMARTS) is 1. The fourth-order valence-electron chi connectivity index (χ4n) is 3.30.